The van der Waals surface area contributed by atoms with Crippen LogP contribution in [0.5, 0.6) is 0 Å². The van der Waals surface area contributed by atoms with E-state index in [0.717, 1.165) is 12.8 Å². The number of amides is 1. The highest BCUT2D eigenvalue weighted by Crippen LogP contribution is 1.92. The van der Waals surface area contributed by atoms with E-state index in [4.69, 9.17) is 5.11 Å². The zero-order valence-corrected chi connectivity index (χ0v) is 5.63. The summed E-state index contributed by atoms with van der Waals surface area (Å²) in [6, 6.07) is 0.189. The molecule has 3 heteroatoms. The summed E-state index contributed by atoms with van der Waals surface area (Å²) in [7, 11) is 0. The van der Waals surface area contributed by atoms with E-state index in [1.165, 1.54) is 0 Å². The molecule has 0 aliphatic heterocycles. The Hall–Kier alpha value is -0.570. The van der Waals surface area contributed by atoms with Crippen LogP contribution in [0.2, 0.25) is 0 Å². The fourth-order valence-electron chi connectivity index (χ4n) is 0.597. The Kier molecular flexibility index (Phi) is 5.21. The Balaban J connectivity index is 3.04. The molecule has 9 heavy (non-hydrogen) atoms. The third-order valence-electron chi connectivity index (χ3n) is 1.15. The maximum absolute atomic E-state index is 9.80. The summed E-state index contributed by atoms with van der Waals surface area (Å²) in [5.74, 6) is 0. The maximum atomic E-state index is 9.80. The van der Waals surface area contributed by atoms with Crippen LogP contribution in [-0.4, -0.2) is 24.2 Å². The molecule has 0 aromatic carbocycles. The molecule has 0 saturated carbocycles. The van der Waals surface area contributed by atoms with Crippen molar-refractivity contribution in [2.45, 2.75) is 25.8 Å². The number of nitrogens with one attached hydrogen (secondary N) is 1. The Labute approximate surface area is 55.1 Å². The second-order valence-electron chi connectivity index (χ2n) is 2.05. The first-order chi connectivity index (χ1) is 4.31. The maximum Gasteiger partial charge on any atom is 0.207 e. The number of hydrogen-bond acceptors (Lipinski definition) is 2. The van der Waals surface area contributed by atoms with Gasteiger partial charge in [-0.05, 0) is 19.8 Å². The van der Waals surface area contributed by atoms with Gasteiger partial charge in [0.25, 0.3) is 0 Å². The number of hydrogen-bond donors (Lipinski definition) is 2. The first kappa shape index (κ1) is 8.43. The first-order valence-corrected chi connectivity index (χ1v) is 3.11. The highest BCUT2D eigenvalue weighted by Gasteiger charge is 1.96. The quantitative estimate of drug-likeness (QED) is 0.511. The van der Waals surface area contributed by atoms with Crippen LogP contribution in [-0.2, 0) is 4.79 Å². The van der Waals surface area contributed by atoms with Crippen LogP contribution in [0.3, 0.4) is 0 Å². The number of rotatable bonds is 5. The fraction of sp³-hybridized carbons (Fsp3) is 0.833. The molecule has 0 aromatic heterocycles. The predicted molar refractivity (Wildman–Crippen MR) is 35.0 cm³/mol. The van der Waals surface area contributed by atoms with E-state index in [9.17, 15) is 4.79 Å². The summed E-state index contributed by atoms with van der Waals surface area (Å²) >= 11 is 0. The molecule has 0 rings (SSSR count). The number of carbonyl (C=O) groups is 1. The molecule has 0 radical (unpaired) electrons. The van der Waals surface area contributed by atoms with Crippen LogP contribution in [0, 0.1) is 0 Å². The van der Waals surface area contributed by atoms with Crippen molar-refractivity contribution in [3.63, 3.8) is 0 Å². The summed E-state index contributed by atoms with van der Waals surface area (Å²) in [6.45, 7) is 2.11. The zero-order chi connectivity index (χ0) is 7.11. The second-order valence-corrected chi connectivity index (χ2v) is 2.05. The predicted octanol–water partition coefficient (Wildman–Crippen LogP) is -0.107. The molecular weight excluding hydrogens is 118 g/mol. The van der Waals surface area contributed by atoms with E-state index in [0.29, 0.717) is 6.41 Å². The molecule has 2 N–H and O–H groups in total. The van der Waals surface area contributed by atoms with Crippen molar-refractivity contribution in [3.05, 3.63) is 0 Å². The van der Waals surface area contributed by atoms with Crippen molar-refractivity contribution in [1.29, 1.82) is 0 Å². The van der Waals surface area contributed by atoms with Gasteiger partial charge in [0.1, 0.15) is 0 Å². The number of aliphatic hydroxyl groups is 1. The van der Waals surface area contributed by atoms with E-state index in [1.54, 1.807) is 0 Å². The summed E-state index contributed by atoms with van der Waals surface area (Å²) in [5, 5.41) is 11.0. The fourth-order valence-corrected chi connectivity index (χ4v) is 0.597. The standard InChI is InChI=1S/C6H13NO2/c1-6(7-5-9)3-2-4-8/h5-6,8H,2-4H2,1H3,(H,7,9)/t6-/m0/s1. The van der Waals surface area contributed by atoms with Gasteiger partial charge in [-0.3, -0.25) is 4.79 Å². The van der Waals surface area contributed by atoms with Crippen molar-refractivity contribution in [2.75, 3.05) is 6.61 Å². The van der Waals surface area contributed by atoms with Gasteiger partial charge in [0.15, 0.2) is 0 Å². The minimum atomic E-state index is 0.189. The third kappa shape index (κ3) is 5.30. The second kappa shape index (κ2) is 5.56. The van der Waals surface area contributed by atoms with Crippen molar-refractivity contribution >= 4 is 6.41 Å². The molecule has 0 saturated heterocycles. The van der Waals surface area contributed by atoms with Crippen LogP contribution in [0.1, 0.15) is 19.8 Å². The van der Waals surface area contributed by atoms with E-state index < -0.39 is 0 Å². The summed E-state index contributed by atoms with van der Waals surface area (Å²) < 4.78 is 0. The molecule has 0 fully saturated rings. The minimum absolute atomic E-state index is 0.189. The SMILES string of the molecule is C[C@@H](CCCO)NC=O. The average molecular weight is 131 g/mol. The van der Waals surface area contributed by atoms with Crippen LogP contribution in [0.25, 0.3) is 0 Å². The van der Waals surface area contributed by atoms with Gasteiger partial charge < -0.3 is 10.4 Å². The van der Waals surface area contributed by atoms with Gasteiger partial charge in [0.05, 0.1) is 0 Å². The molecule has 1 atom stereocenters. The Morgan fingerprint density at radius 2 is 2.44 bits per heavy atom. The van der Waals surface area contributed by atoms with Gasteiger partial charge in [-0.2, -0.15) is 0 Å². The molecule has 54 valence electrons. The van der Waals surface area contributed by atoms with E-state index >= 15 is 0 Å². The summed E-state index contributed by atoms with van der Waals surface area (Å²) in [6.07, 6.45) is 2.28. The lowest BCUT2D eigenvalue weighted by atomic mass is 10.2. The molecule has 0 unspecified atom stereocenters. The van der Waals surface area contributed by atoms with Gasteiger partial charge in [-0.1, -0.05) is 0 Å². The lowest BCUT2D eigenvalue weighted by Crippen LogP contribution is -2.24. The minimum Gasteiger partial charge on any atom is -0.396 e. The molecule has 0 heterocycles. The van der Waals surface area contributed by atoms with Crippen LogP contribution >= 0.6 is 0 Å². The number of carbonyl (C=O) groups excluding carboxylic acids is 1. The van der Waals surface area contributed by atoms with Crippen molar-refractivity contribution < 1.29 is 9.90 Å². The Morgan fingerprint density at radius 3 is 2.89 bits per heavy atom. The van der Waals surface area contributed by atoms with Crippen LogP contribution in [0.4, 0.5) is 0 Å². The van der Waals surface area contributed by atoms with Gasteiger partial charge in [-0.25, -0.2) is 0 Å². The number of aliphatic hydroxyl groups excluding tert-OH is 1. The molecule has 0 bridgehead atoms. The highest BCUT2D eigenvalue weighted by atomic mass is 16.2. The summed E-state index contributed by atoms with van der Waals surface area (Å²) in [5.41, 5.74) is 0. The van der Waals surface area contributed by atoms with Crippen LogP contribution in [0.15, 0.2) is 0 Å². The largest absolute Gasteiger partial charge is 0.396 e. The topological polar surface area (TPSA) is 49.3 Å². The van der Waals surface area contributed by atoms with Gasteiger partial charge in [0.2, 0.25) is 6.41 Å². The lowest BCUT2D eigenvalue weighted by molar-refractivity contribution is -0.110. The zero-order valence-electron chi connectivity index (χ0n) is 5.63. The van der Waals surface area contributed by atoms with Gasteiger partial charge in [0, 0.05) is 12.6 Å². The molecule has 0 aromatic rings. The summed E-state index contributed by atoms with van der Waals surface area (Å²) in [4.78, 5) is 9.80. The molecule has 1 amide bonds. The third-order valence-corrected chi connectivity index (χ3v) is 1.15. The van der Waals surface area contributed by atoms with E-state index in [2.05, 4.69) is 5.32 Å². The smallest absolute Gasteiger partial charge is 0.207 e. The van der Waals surface area contributed by atoms with Gasteiger partial charge >= 0.3 is 0 Å². The monoisotopic (exact) mass is 131 g/mol. The van der Waals surface area contributed by atoms with E-state index in [-0.39, 0.29) is 12.6 Å². The van der Waals surface area contributed by atoms with Crippen LogP contribution < -0.4 is 5.32 Å². The lowest BCUT2D eigenvalue weighted by Gasteiger charge is -2.06. The highest BCUT2D eigenvalue weighted by molar-refractivity contribution is 5.46. The van der Waals surface area contributed by atoms with Crippen molar-refractivity contribution in [3.8, 4) is 0 Å². The average Bonchev–Trinajstić information content (AvgIpc) is 1.85. The molecule has 0 aliphatic carbocycles. The molecule has 3 nitrogen and oxygen atoms in total. The van der Waals surface area contributed by atoms with Crippen molar-refractivity contribution in [2.24, 2.45) is 0 Å². The van der Waals surface area contributed by atoms with E-state index in [1.807, 2.05) is 6.92 Å². The van der Waals surface area contributed by atoms with Gasteiger partial charge in [-0.15, -0.1) is 0 Å². The first-order valence-electron chi connectivity index (χ1n) is 3.11. The van der Waals surface area contributed by atoms with Crippen molar-refractivity contribution in [1.82, 2.24) is 5.32 Å². The Morgan fingerprint density at radius 1 is 1.78 bits per heavy atom. The molecule has 0 spiro atoms. The normalized spacial score (nSPS) is 12.7. The molecule has 0 aliphatic rings. The Bertz CT molecular complexity index is 75.5. The molecular formula is C6H13NO2.